The summed E-state index contributed by atoms with van der Waals surface area (Å²) < 4.78 is 30.5. The minimum Gasteiger partial charge on any atom is -0.510 e. The van der Waals surface area contributed by atoms with E-state index in [0.717, 1.165) is 27.9 Å². The summed E-state index contributed by atoms with van der Waals surface area (Å²) in [4.78, 5) is 42.6. The summed E-state index contributed by atoms with van der Waals surface area (Å²) in [6.07, 6.45) is -3.31. The summed E-state index contributed by atoms with van der Waals surface area (Å²) in [7, 11) is 4.44. The lowest BCUT2D eigenvalue weighted by atomic mass is 10.1. The second-order valence-electron chi connectivity index (χ2n) is 20.8. The summed E-state index contributed by atoms with van der Waals surface area (Å²) in [5, 5.41) is 71.7. The molecule has 0 spiro atoms. The first-order valence-corrected chi connectivity index (χ1v) is 30.0. The summed E-state index contributed by atoms with van der Waals surface area (Å²) in [5.41, 5.74) is 48.9. The zero-order valence-corrected chi connectivity index (χ0v) is 55.5. The van der Waals surface area contributed by atoms with Crippen molar-refractivity contribution in [3.05, 3.63) is 246 Å². The van der Waals surface area contributed by atoms with Crippen LogP contribution < -0.4 is 40.1 Å². The Bertz CT molecular complexity index is 3490. The van der Waals surface area contributed by atoms with Gasteiger partial charge in [0.1, 0.15) is 35.6 Å². The molecular formula is C72H95N7O18. The van der Waals surface area contributed by atoms with E-state index in [9.17, 15) is 34.5 Å². The number of aliphatic hydroxyl groups excluding tert-OH is 4. The normalized spacial score (nSPS) is 12.4. The second-order valence-corrected chi connectivity index (χ2v) is 20.8. The smallest absolute Gasteiger partial charge is 0.337 e. The zero-order chi connectivity index (χ0) is 73.2. The van der Waals surface area contributed by atoms with Crippen molar-refractivity contribution < 1.29 is 88.5 Å². The van der Waals surface area contributed by atoms with Crippen LogP contribution >= 0.6 is 0 Å². The Morgan fingerprint density at radius 3 is 0.959 bits per heavy atom. The van der Waals surface area contributed by atoms with Gasteiger partial charge >= 0.3 is 23.9 Å². The van der Waals surface area contributed by atoms with Crippen LogP contribution in [0.25, 0.3) is 0 Å². The number of carboxylic acids is 4. The molecule has 0 aliphatic heterocycles. The minimum atomic E-state index is -1.36. The Balaban J connectivity index is 0.000000566. The predicted octanol–water partition coefficient (Wildman–Crippen LogP) is 10.2. The van der Waals surface area contributed by atoms with E-state index < -0.39 is 48.3 Å². The van der Waals surface area contributed by atoms with Gasteiger partial charge in [-0.25, -0.2) is 19.2 Å². The van der Waals surface area contributed by atoms with Gasteiger partial charge in [-0.05, 0) is 145 Å². The molecule has 0 fully saturated rings. The molecule has 22 N–H and O–H groups in total. The highest BCUT2D eigenvalue weighted by Gasteiger charge is 2.22. The Hall–Kier alpha value is -10.6. The van der Waals surface area contributed by atoms with Crippen LogP contribution in [0.15, 0.2) is 207 Å². The Labute approximate surface area is 566 Å². The van der Waals surface area contributed by atoms with Crippen LogP contribution in [0.4, 0.5) is 39.8 Å². The summed E-state index contributed by atoms with van der Waals surface area (Å²) in [6.45, 7) is 17.0. The van der Waals surface area contributed by atoms with E-state index in [1.807, 2.05) is 79.7 Å². The van der Waals surface area contributed by atoms with Gasteiger partial charge < -0.3 is 109 Å². The molecule has 7 aromatic carbocycles. The number of benzene rings is 7. The topological polar surface area (TPSA) is 468 Å². The van der Waals surface area contributed by atoms with Crippen LogP contribution in [0.2, 0.25) is 0 Å². The first-order chi connectivity index (χ1) is 45.9. The van der Waals surface area contributed by atoms with Crippen molar-refractivity contribution in [2.24, 2.45) is 0 Å². The standard InChI is InChI=1S/C12H17NO2.2C11H15NO2.2C10H13NO3.2C9H11NO3/c1-3-15-12(9(2)14)8-10-5-4-6-11(13)7-10;1-8(13)11(14-2)7-9-3-5-10(12)6-4-9;1-8(13)11(14-2)7-9-4-3-5-10(12)6-9;1-2-14-9(10(12)13)7-3-5-8(11)6-4-7;1-2-14-9(10(12)13)7-4-3-5-8(11)6-7;1-13-8(9(11)12)6-2-4-7(10)5-3-6;10-7-3-1-2-6(4-7)5-8(11)9(12)13/h4-7,12,14H,2-3,8,13H2,1H3;2*3-6,11,13H,1,7,12H2,2H3;2*3-6,9H,2,11H2,1H3,(H,12,13);2-5,8H,10H2,1H3,(H,11,12);1-4,8,11H,5,10H2,(H,12,13). The maximum atomic E-state index is 10.8. The van der Waals surface area contributed by atoms with Gasteiger partial charge in [0.05, 0.1) is 0 Å². The highest BCUT2D eigenvalue weighted by Crippen LogP contribution is 2.23. The lowest BCUT2D eigenvalue weighted by Crippen LogP contribution is -2.21. The largest absolute Gasteiger partial charge is 0.510 e. The third kappa shape index (κ3) is 34.9. The van der Waals surface area contributed by atoms with Crippen LogP contribution in [-0.2, 0) is 73.3 Å². The van der Waals surface area contributed by atoms with E-state index in [2.05, 4.69) is 19.7 Å². The molecule has 0 amide bonds. The van der Waals surface area contributed by atoms with Crippen LogP contribution in [0.1, 0.15) is 78.0 Å². The van der Waals surface area contributed by atoms with Crippen molar-refractivity contribution in [2.75, 3.05) is 81.3 Å². The fourth-order valence-corrected chi connectivity index (χ4v) is 8.31. The molecule has 7 aromatic rings. The first kappa shape index (κ1) is 84.4. The van der Waals surface area contributed by atoms with Gasteiger partial charge in [0.15, 0.2) is 24.4 Å². The fraction of sp³-hybridized carbons (Fsp3) is 0.278. The van der Waals surface area contributed by atoms with Gasteiger partial charge in [0.25, 0.3) is 0 Å². The second kappa shape index (κ2) is 46.4. The van der Waals surface area contributed by atoms with E-state index >= 15 is 0 Å². The summed E-state index contributed by atoms with van der Waals surface area (Å²) >= 11 is 0. The average Bonchev–Trinajstić information content (AvgIpc) is 1.52. The number of aliphatic hydroxyl groups is 4. The number of rotatable bonds is 27. The molecule has 526 valence electrons. The van der Waals surface area contributed by atoms with Crippen molar-refractivity contribution in [1.29, 1.82) is 0 Å². The van der Waals surface area contributed by atoms with Gasteiger partial charge in [0.2, 0.25) is 0 Å². The van der Waals surface area contributed by atoms with Gasteiger partial charge in [-0.1, -0.05) is 105 Å². The van der Waals surface area contributed by atoms with Gasteiger partial charge in [-0.3, -0.25) is 0 Å². The molecule has 0 aliphatic carbocycles. The quantitative estimate of drug-likeness (QED) is 0.0168. The number of carbonyl (C=O) groups is 4. The molecular weight excluding hydrogens is 1250 g/mol. The number of methoxy groups -OCH3 is 3. The van der Waals surface area contributed by atoms with E-state index in [1.54, 1.807) is 125 Å². The lowest BCUT2D eigenvalue weighted by molar-refractivity contribution is -0.151. The maximum Gasteiger partial charge on any atom is 0.337 e. The van der Waals surface area contributed by atoms with Crippen LogP contribution in [0.5, 0.6) is 0 Å². The van der Waals surface area contributed by atoms with Crippen LogP contribution in [-0.4, -0.2) is 130 Å². The number of nitrogens with two attached hydrogens (primary N) is 7. The number of carboxylic acid groups (broad SMARTS) is 4. The minimum absolute atomic E-state index is 0.0370. The third-order valence-corrected chi connectivity index (χ3v) is 13.1. The molecule has 0 saturated heterocycles. The highest BCUT2D eigenvalue weighted by atomic mass is 16.5. The van der Waals surface area contributed by atoms with Crippen molar-refractivity contribution >= 4 is 63.7 Å². The van der Waals surface area contributed by atoms with E-state index in [4.69, 9.17) is 94.1 Å². The maximum absolute atomic E-state index is 10.8. The molecule has 97 heavy (non-hydrogen) atoms. The molecule has 0 heterocycles. The van der Waals surface area contributed by atoms with Gasteiger partial charge in [0, 0.05) is 107 Å². The average molecular weight is 1350 g/mol. The molecule has 7 rings (SSSR count). The van der Waals surface area contributed by atoms with Crippen LogP contribution in [0.3, 0.4) is 0 Å². The molecule has 0 saturated carbocycles. The molecule has 7 unspecified atom stereocenters. The molecule has 0 aliphatic rings. The monoisotopic (exact) mass is 1350 g/mol. The first-order valence-electron chi connectivity index (χ1n) is 30.0. The predicted molar refractivity (Wildman–Crippen MR) is 378 cm³/mol. The molecule has 0 radical (unpaired) electrons. The molecule has 25 nitrogen and oxygen atoms in total. The summed E-state index contributed by atoms with van der Waals surface area (Å²) in [6, 6.07) is 49.2. The van der Waals surface area contributed by atoms with Crippen molar-refractivity contribution in [2.45, 2.75) is 89.2 Å². The highest BCUT2D eigenvalue weighted by molar-refractivity contribution is 5.76. The third-order valence-electron chi connectivity index (χ3n) is 13.1. The summed E-state index contributed by atoms with van der Waals surface area (Å²) in [5.74, 6) is -4.08. The zero-order valence-electron chi connectivity index (χ0n) is 55.5. The molecule has 25 heteroatoms. The Morgan fingerprint density at radius 2 is 0.649 bits per heavy atom. The van der Waals surface area contributed by atoms with Gasteiger partial charge in [-0.15, -0.1) is 0 Å². The van der Waals surface area contributed by atoms with E-state index in [-0.39, 0.29) is 42.0 Å². The van der Waals surface area contributed by atoms with E-state index in [0.29, 0.717) is 89.9 Å². The van der Waals surface area contributed by atoms with Gasteiger partial charge in [-0.2, -0.15) is 0 Å². The van der Waals surface area contributed by atoms with Crippen LogP contribution in [0, 0.1) is 0 Å². The lowest BCUT2D eigenvalue weighted by Gasteiger charge is -2.15. The molecule has 7 atom stereocenters. The number of anilines is 7. The number of hydrogen-bond acceptors (Lipinski definition) is 21. The van der Waals surface area contributed by atoms with Crippen molar-refractivity contribution in [3.63, 3.8) is 0 Å². The Kier molecular flexibility index (Phi) is 40.4. The number of hydrogen-bond donors (Lipinski definition) is 15. The fourth-order valence-electron chi connectivity index (χ4n) is 8.31. The van der Waals surface area contributed by atoms with E-state index in [1.165, 1.54) is 7.11 Å². The number of aliphatic carboxylic acids is 4. The Morgan fingerprint density at radius 1 is 0.340 bits per heavy atom. The SMILES string of the molecule is C=C(O)C(Cc1ccc(N)cc1)OC.C=C(O)C(Cc1cccc(N)c1)OC.C=C(O)C(Cc1cccc(N)c1)OCC.CCOC(C(=O)O)c1ccc(N)cc1.CCOC(C(=O)O)c1cccc(N)c1.COC(C(=O)O)c1ccc(N)cc1.Nc1cccc(CC(O)C(=O)O)c1. The molecule has 0 bridgehead atoms. The van der Waals surface area contributed by atoms with Crippen molar-refractivity contribution in [1.82, 2.24) is 0 Å². The molecule has 0 aromatic heterocycles. The number of nitrogen functional groups attached to an aromatic ring is 7. The number of ether oxygens (including phenoxy) is 6. The van der Waals surface area contributed by atoms with Crippen molar-refractivity contribution in [3.8, 4) is 0 Å².